The van der Waals surface area contributed by atoms with Crippen LogP contribution in [-0.2, 0) is 9.53 Å². The highest BCUT2D eigenvalue weighted by Gasteiger charge is 2.18. The van der Waals surface area contributed by atoms with Gasteiger partial charge in [-0.15, -0.1) is 0 Å². The largest absolute Gasteiger partial charge is 0.376 e. The normalized spacial score (nSPS) is 16.4. The molecule has 0 spiro atoms. The molecule has 0 aromatic heterocycles. The second-order valence-electron chi connectivity index (χ2n) is 6.26. The predicted octanol–water partition coefficient (Wildman–Crippen LogP) is 4.01. The summed E-state index contributed by atoms with van der Waals surface area (Å²) in [7, 11) is 0. The molecule has 2 amide bonds. The van der Waals surface area contributed by atoms with Crippen molar-refractivity contribution in [3.05, 3.63) is 70.2 Å². The molecule has 27 heavy (non-hydrogen) atoms. The van der Waals surface area contributed by atoms with Gasteiger partial charge in [-0.05, 0) is 48.7 Å². The van der Waals surface area contributed by atoms with Crippen LogP contribution in [0, 0.1) is 0 Å². The molecular formula is C21H21BrN2O3. The van der Waals surface area contributed by atoms with Crippen molar-refractivity contribution in [3.8, 4) is 0 Å². The van der Waals surface area contributed by atoms with Crippen LogP contribution in [0.25, 0.3) is 6.08 Å². The van der Waals surface area contributed by atoms with Crippen LogP contribution in [0.3, 0.4) is 0 Å². The fraction of sp³-hybridized carbons (Fsp3) is 0.238. The van der Waals surface area contributed by atoms with Gasteiger partial charge in [0.25, 0.3) is 5.91 Å². The molecule has 1 fully saturated rings. The monoisotopic (exact) mass is 428 g/mol. The van der Waals surface area contributed by atoms with Crippen molar-refractivity contribution in [2.24, 2.45) is 0 Å². The number of carbonyl (C=O) groups excluding carboxylic acids is 2. The van der Waals surface area contributed by atoms with Crippen LogP contribution in [0.2, 0.25) is 0 Å². The molecular weight excluding hydrogens is 408 g/mol. The molecule has 2 N–H and O–H groups in total. The minimum absolute atomic E-state index is 0.0737. The van der Waals surface area contributed by atoms with Gasteiger partial charge in [0.1, 0.15) is 0 Å². The molecule has 6 heteroatoms. The zero-order valence-electron chi connectivity index (χ0n) is 14.8. The van der Waals surface area contributed by atoms with Crippen LogP contribution >= 0.6 is 15.9 Å². The van der Waals surface area contributed by atoms with E-state index in [1.165, 1.54) is 6.08 Å². The van der Waals surface area contributed by atoms with Crippen molar-refractivity contribution in [1.29, 1.82) is 0 Å². The Kier molecular flexibility index (Phi) is 6.79. The average molecular weight is 429 g/mol. The molecule has 0 aliphatic carbocycles. The van der Waals surface area contributed by atoms with E-state index >= 15 is 0 Å². The standard InChI is InChI=1S/C21H21BrN2O3/c22-16-10-7-15(8-11-16)9-12-20(25)24-19-6-2-1-5-18(19)21(26)23-14-17-4-3-13-27-17/h1-2,5-12,17H,3-4,13-14H2,(H,23,26)(H,24,25)/b12-9+. The first-order chi connectivity index (χ1) is 13.1. The van der Waals surface area contributed by atoms with E-state index < -0.39 is 0 Å². The summed E-state index contributed by atoms with van der Waals surface area (Å²) in [5, 5.41) is 5.65. The molecule has 1 heterocycles. The number of rotatable bonds is 6. The number of benzene rings is 2. The lowest BCUT2D eigenvalue weighted by molar-refractivity contribution is -0.111. The van der Waals surface area contributed by atoms with Crippen molar-refractivity contribution in [2.45, 2.75) is 18.9 Å². The van der Waals surface area contributed by atoms with Gasteiger partial charge in [0, 0.05) is 23.7 Å². The van der Waals surface area contributed by atoms with E-state index in [0.29, 0.717) is 17.8 Å². The number of carbonyl (C=O) groups is 2. The number of anilines is 1. The molecule has 3 rings (SSSR count). The Morgan fingerprint density at radius 1 is 1.15 bits per heavy atom. The highest BCUT2D eigenvalue weighted by molar-refractivity contribution is 9.10. The van der Waals surface area contributed by atoms with E-state index in [1.807, 2.05) is 24.3 Å². The predicted molar refractivity (Wildman–Crippen MR) is 110 cm³/mol. The van der Waals surface area contributed by atoms with Gasteiger partial charge in [-0.1, -0.05) is 40.2 Å². The minimum Gasteiger partial charge on any atom is -0.376 e. The summed E-state index contributed by atoms with van der Waals surface area (Å²) in [5.74, 6) is -0.518. The number of nitrogens with one attached hydrogen (secondary N) is 2. The van der Waals surface area contributed by atoms with Crippen LogP contribution in [0.5, 0.6) is 0 Å². The summed E-state index contributed by atoms with van der Waals surface area (Å²) in [4.78, 5) is 24.7. The first-order valence-electron chi connectivity index (χ1n) is 8.85. The Labute approximate surface area is 166 Å². The summed E-state index contributed by atoms with van der Waals surface area (Å²) in [6.45, 7) is 1.22. The Hall–Kier alpha value is -2.44. The van der Waals surface area contributed by atoms with Gasteiger partial charge in [0.05, 0.1) is 17.4 Å². The molecule has 0 bridgehead atoms. The van der Waals surface area contributed by atoms with Gasteiger partial charge in [-0.25, -0.2) is 0 Å². The average Bonchev–Trinajstić information content (AvgIpc) is 3.20. The molecule has 1 atom stereocenters. The van der Waals surface area contributed by atoms with E-state index in [0.717, 1.165) is 29.5 Å². The Morgan fingerprint density at radius 3 is 2.67 bits per heavy atom. The van der Waals surface area contributed by atoms with E-state index in [1.54, 1.807) is 30.3 Å². The number of hydrogen-bond acceptors (Lipinski definition) is 3. The van der Waals surface area contributed by atoms with Crippen molar-refractivity contribution < 1.29 is 14.3 Å². The van der Waals surface area contributed by atoms with Crippen LogP contribution in [0.15, 0.2) is 59.1 Å². The summed E-state index contributed by atoms with van der Waals surface area (Å²) in [6, 6.07) is 14.6. The number of amides is 2. The van der Waals surface area contributed by atoms with Gasteiger partial charge in [-0.3, -0.25) is 9.59 Å². The van der Waals surface area contributed by atoms with E-state index in [4.69, 9.17) is 4.74 Å². The number of para-hydroxylation sites is 1. The second kappa shape index (κ2) is 9.48. The molecule has 5 nitrogen and oxygen atoms in total. The van der Waals surface area contributed by atoms with Gasteiger partial charge in [0.2, 0.25) is 5.91 Å². The topological polar surface area (TPSA) is 67.4 Å². The van der Waals surface area contributed by atoms with E-state index in [9.17, 15) is 9.59 Å². The van der Waals surface area contributed by atoms with Crippen molar-refractivity contribution in [1.82, 2.24) is 5.32 Å². The van der Waals surface area contributed by atoms with Crippen LogP contribution < -0.4 is 10.6 Å². The maximum atomic E-state index is 12.5. The third-order valence-electron chi connectivity index (χ3n) is 4.24. The van der Waals surface area contributed by atoms with Crippen molar-refractivity contribution >= 4 is 39.5 Å². The van der Waals surface area contributed by atoms with Gasteiger partial charge in [0.15, 0.2) is 0 Å². The zero-order chi connectivity index (χ0) is 19.1. The third kappa shape index (κ3) is 5.77. The molecule has 2 aromatic carbocycles. The molecule has 2 aromatic rings. The van der Waals surface area contributed by atoms with Gasteiger partial charge >= 0.3 is 0 Å². The maximum absolute atomic E-state index is 12.5. The summed E-state index contributed by atoms with van der Waals surface area (Å²) >= 11 is 3.38. The molecule has 1 aliphatic rings. The van der Waals surface area contributed by atoms with Gasteiger partial charge < -0.3 is 15.4 Å². The zero-order valence-corrected chi connectivity index (χ0v) is 16.4. The van der Waals surface area contributed by atoms with Crippen molar-refractivity contribution in [3.63, 3.8) is 0 Å². The third-order valence-corrected chi connectivity index (χ3v) is 4.77. The Morgan fingerprint density at radius 2 is 1.93 bits per heavy atom. The first-order valence-corrected chi connectivity index (χ1v) is 9.64. The smallest absolute Gasteiger partial charge is 0.253 e. The van der Waals surface area contributed by atoms with Crippen LogP contribution in [0.1, 0.15) is 28.8 Å². The minimum atomic E-state index is -0.294. The van der Waals surface area contributed by atoms with E-state index in [-0.39, 0.29) is 17.9 Å². The first kappa shape index (κ1) is 19.3. The molecule has 1 unspecified atom stereocenters. The molecule has 0 saturated carbocycles. The van der Waals surface area contributed by atoms with E-state index in [2.05, 4.69) is 26.6 Å². The summed E-state index contributed by atoms with van der Waals surface area (Å²) in [5.41, 5.74) is 1.82. The highest BCUT2D eigenvalue weighted by Crippen LogP contribution is 2.17. The summed E-state index contributed by atoms with van der Waals surface area (Å²) in [6.07, 6.45) is 5.23. The molecule has 1 aliphatic heterocycles. The maximum Gasteiger partial charge on any atom is 0.253 e. The van der Waals surface area contributed by atoms with Crippen molar-refractivity contribution in [2.75, 3.05) is 18.5 Å². The van der Waals surface area contributed by atoms with Crippen LogP contribution in [0.4, 0.5) is 5.69 Å². The molecule has 1 saturated heterocycles. The second-order valence-corrected chi connectivity index (χ2v) is 7.18. The lowest BCUT2D eigenvalue weighted by Crippen LogP contribution is -2.32. The van der Waals surface area contributed by atoms with Gasteiger partial charge in [-0.2, -0.15) is 0 Å². The fourth-order valence-corrected chi connectivity index (χ4v) is 3.08. The summed E-state index contributed by atoms with van der Waals surface area (Å²) < 4.78 is 6.50. The lowest BCUT2D eigenvalue weighted by Gasteiger charge is -2.13. The molecule has 140 valence electrons. The van der Waals surface area contributed by atoms with Crippen LogP contribution in [-0.4, -0.2) is 31.1 Å². The highest BCUT2D eigenvalue weighted by atomic mass is 79.9. The Balaban J connectivity index is 1.61. The number of hydrogen-bond donors (Lipinski definition) is 2. The lowest BCUT2D eigenvalue weighted by atomic mass is 10.1. The number of ether oxygens (including phenoxy) is 1. The fourth-order valence-electron chi connectivity index (χ4n) is 2.82. The number of halogens is 1. The quantitative estimate of drug-likeness (QED) is 0.682. The Bertz CT molecular complexity index is 828. The SMILES string of the molecule is O=C(/C=C/c1ccc(Br)cc1)Nc1ccccc1C(=O)NCC1CCCO1. The molecule has 0 radical (unpaired) electrons.